The average molecular weight is 261 g/mol. The molecular formula is C18H31N. The van der Waals surface area contributed by atoms with Crippen molar-refractivity contribution in [2.75, 3.05) is 6.54 Å². The van der Waals surface area contributed by atoms with E-state index in [0.717, 1.165) is 13.0 Å². The van der Waals surface area contributed by atoms with E-state index in [0.29, 0.717) is 0 Å². The van der Waals surface area contributed by atoms with Crippen LogP contribution in [-0.2, 0) is 11.8 Å². The molecule has 0 unspecified atom stereocenters. The lowest BCUT2D eigenvalue weighted by Gasteiger charge is -2.24. The Hall–Kier alpha value is -0.820. The van der Waals surface area contributed by atoms with Crippen LogP contribution < -0.4 is 5.32 Å². The predicted molar refractivity (Wildman–Crippen MR) is 86.1 cm³/mol. The molecule has 0 fully saturated rings. The van der Waals surface area contributed by atoms with Crippen molar-refractivity contribution in [1.82, 2.24) is 5.32 Å². The van der Waals surface area contributed by atoms with Gasteiger partial charge in [-0.05, 0) is 75.3 Å². The first-order valence-corrected chi connectivity index (χ1v) is 7.36. The number of rotatable bonds is 3. The molecular weight excluding hydrogens is 230 g/mol. The molecule has 1 rings (SSSR count). The average Bonchev–Trinajstić information content (AvgIpc) is 2.18. The van der Waals surface area contributed by atoms with E-state index in [9.17, 15) is 0 Å². The summed E-state index contributed by atoms with van der Waals surface area (Å²) in [5, 5.41) is 3.57. The van der Waals surface area contributed by atoms with Crippen LogP contribution in [0.1, 0.15) is 63.8 Å². The van der Waals surface area contributed by atoms with Gasteiger partial charge in [0.1, 0.15) is 0 Å². The summed E-state index contributed by atoms with van der Waals surface area (Å²) in [4.78, 5) is 0. The summed E-state index contributed by atoms with van der Waals surface area (Å²) in [7, 11) is 0. The fourth-order valence-electron chi connectivity index (χ4n) is 2.38. The van der Waals surface area contributed by atoms with Crippen LogP contribution >= 0.6 is 0 Å². The van der Waals surface area contributed by atoms with Crippen LogP contribution in [-0.4, -0.2) is 12.1 Å². The van der Waals surface area contributed by atoms with Gasteiger partial charge in [0, 0.05) is 5.54 Å². The lowest BCUT2D eigenvalue weighted by Crippen LogP contribution is -2.37. The van der Waals surface area contributed by atoms with E-state index in [2.05, 4.69) is 72.8 Å². The molecule has 19 heavy (non-hydrogen) atoms. The largest absolute Gasteiger partial charge is 0.312 e. The molecule has 1 aromatic rings. The highest BCUT2D eigenvalue weighted by Gasteiger charge is 2.16. The zero-order valence-electron chi connectivity index (χ0n) is 14.1. The quantitative estimate of drug-likeness (QED) is 0.843. The number of hydrogen-bond donors (Lipinski definition) is 1. The Morgan fingerprint density at radius 3 is 1.74 bits per heavy atom. The Kier molecular flexibility index (Phi) is 4.84. The third-order valence-corrected chi connectivity index (χ3v) is 3.59. The molecule has 0 heterocycles. The van der Waals surface area contributed by atoms with Crippen molar-refractivity contribution in [2.24, 2.45) is 0 Å². The van der Waals surface area contributed by atoms with Crippen molar-refractivity contribution in [3.8, 4) is 0 Å². The van der Waals surface area contributed by atoms with Crippen LogP contribution in [0.2, 0.25) is 0 Å². The molecule has 1 aromatic carbocycles. The Bertz CT molecular complexity index is 407. The van der Waals surface area contributed by atoms with Gasteiger partial charge in [-0.2, -0.15) is 0 Å². The zero-order chi connectivity index (χ0) is 14.8. The monoisotopic (exact) mass is 261 g/mol. The van der Waals surface area contributed by atoms with Crippen molar-refractivity contribution in [2.45, 2.75) is 72.8 Å². The normalized spacial score (nSPS) is 12.8. The topological polar surface area (TPSA) is 12.0 Å². The second-order valence-electron chi connectivity index (χ2n) is 7.77. The third kappa shape index (κ3) is 4.99. The van der Waals surface area contributed by atoms with Crippen molar-refractivity contribution >= 4 is 0 Å². The van der Waals surface area contributed by atoms with E-state index in [1.54, 1.807) is 0 Å². The van der Waals surface area contributed by atoms with Crippen molar-refractivity contribution in [1.29, 1.82) is 0 Å². The maximum atomic E-state index is 3.57. The van der Waals surface area contributed by atoms with E-state index < -0.39 is 0 Å². The van der Waals surface area contributed by atoms with Gasteiger partial charge in [-0.25, -0.2) is 0 Å². The van der Waals surface area contributed by atoms with Crippen molar-refractivity contribution < 1.29 is 0 Å². The fraction of sp³-hybridized carbons (Fsp3) is 0.667. The summed E-state index contributed by atoms with van der Waals surface area (Å²) >= 11 is 0. The summed E-state index contributed by atoms with van der Waals surface area (Å²) < 4.78 is 0. The Labute approximate surface area is 119 Å². The van der Waals surface area contributed by atoms with Crippen LogP contribution in [0, 0.1) is 13.8 Å². The standard InChI is InChI=1S/C18H31N/c1-13-11-15(17(3,4)5)12-14(2)16(13)9-10-19-18(6,7)8/h11-12,19H,9-10H2,1-8H3. The van der Waals surface area contributed by atoms with Crippen LogP contribution in [0.3, 0.4) is 0 Å². The Morgan fingerprint density at radius 2 is 1.37 bits per heavy atom. The molecule has 0 aliphatic carbocycles. The Morgan fingerprint density at radius 1 is 0.895 bits per heavy atom. The van der Waals surface area contributed by atoms with Gasteiger partial charge in [0.15, 0.2) is 0 Å². The lowest BCUT2D eigenvalue weighted by atomic mass is 9.83. The summed E-state index contributed by atoms with van der Waals surface area (Å²) in [6.07, 6.45) is 1.11. The molecule has 0 saturated carbocycles. The van der Waals surface area contributed by atoms with E-state index >= 15 is 0 Å². The van der Waals surface area contributed by atoms with Gasteiger partial charge < -0.3 is 5.32 Å². The van der Waals surface area contributed by atoms with Gasteiger partial charge >= 0.3 is 0 Å². The smallest absolute Gasteiger partial charge is 0.00966 e. The maximum absolute atomic E-state index is 3.57. The highest BCUT2D eigenvalue weighted by Crippen LogP contribution is 2.27. The molecule has 0 aliphatic rings. The molecule has 0 spiro atoms. The number of aryl methyl sites for hydroxylation is 2. The highest BCUT2D eigenvalue weighted by molar-refractivity contribution is 5.40. The van der Waals surface area contributed by atoms with E-state index in [1.165, 1.54) is 22.3 Å². The van der Waals surface area contributed by atoms with E-state index in [1.807, 2.05) is 0 Å². The minimum atomic E-state index is 0.202. The number of nitrogens with one attached hydrogen (secondary N) is 1. The van der Waals surface area contributed by atoms with Gasteiger partial charge in [-0.1, -0.05) is 32.9 Å². The van der Waals surface area contributed by atoms with Crippen LogP contribution in [0.25, 0.3) is 0 Å². The molecule has 108 valence electrons. The number of hydrogen-bond acceptors (Lipinski definition) is 1. The first-order valence-electron chi connectivity index (χ1n) is 7.36. The molecule has 1 N–H and O–H groups in total. The minimum Gasteiger partial charge on any atom is -0.312 e. The van der Waals surface area contributed by atoms with Crippen LogP contribution in [0.15, 0.2) is 12.1 Å². The predicted octanol–water partition coefficient (Wildman–Crippen LogP) is 4.53. The van der Waals surface area contributed by atoms with E-state index in [-0.39, 0.29) is 11.0 Å². The molecule has 0 saturated heterocycles. The minimum absolute atomic E-state index is 0.202. The van der Waals surface area contributed by atoms with Crippen LogP contribution in [0.4, 0.5) is 0 Å². The molecule has 0 amide bonds. The van der Waals surface area contributed by atoms with Crippen molar-refractivity contribution in [3.05, 3.63) is 34.4 Å². The highest BCUT2D eigenvalue weighted by atomic mass is 14.9. The summed E-state index contributed by atoms with van der Waals surface area (Å²) in [5.74, 6) is 0. The first-order chi connectivity index (χ1) is 8.50. The molecule has 1 heteroatoms. The summed E-state index contributed by atoms with van der Waals surface area (Å²) in [5.41, 5.74) is 6.24. The van der Waals surface area contributed by atoms with Gasteiger partial charge in [0.05, 0.1) is 0 Å². The second kappa shape index (κ2) is 5.66. The third-order valence-electron chi connectivity index (χ3n) is 3.59. The SMILES string of the molecule is Cc1cc(C(C)(C)C)cc(C)c1CCNC(C)(C)C. The van der Waals surface area contributed by atoms with E-state index in [4.69, 9.17) is 0 Å². The Balaban J connectivity index is 2.87. The second-order valence-corrected chi connectivity index (χ2v) is 7.77. The summed E-state index contributed by atoms with van der Waals surface area (Å²) in [6.45, 7) is 19.0. The van der Waals surface area contributed by atoms with Gasteiger partial charge in [-0.3, -0.25) is 0 Å². The van der Waals surface area contributed by atoms with Gasteiger partial charge in [-0.15, -0.1) is 0 Å². The molecule has 1 nitrogen and oxygen atoms in total. The molecule has 0 bridgehead atoms. The lowest BCUT2D eigenvalue weighted by molar-refractivity contribution is 0.429. The first kappa shape index (κ1) is 16.2. The molecule has 0 aliphatic heterocycles. The maximum Gasteiger partial charge on any atom is 0.00966 e. The van der Waals surface area contributed by atoms with Crippen LogP contribution in [0.5, 0.6) is 0 Å². The van der Waals surface area contributed by atoms with Gasteiger partial charge in [0.2, 0.25) is 0 Å². The summed E-state index contributed by atoms with van der Waals surface area (Å²) in [6, 6.07) is 4.72. The molecule has 0 aromatic heterocycles. The molecule has 0 atom stereocenters. The van der Waals surface area contributed by atoms with Crippen molar-refractivity contribution in [3.63, 3.8) is 0 Å². The number of benzene rings is 1. The fourth-order valence-corrected chi connectivity index (χ4v) is 2.38. The molecule has 0 radical (unpaired) electrons. The van der Waals surface area contributed by atoms with Gasteiger partial charge in [0.25, 0.3) is 0 Å². The zero-order valence-corrected chi connectivity index (χ0v) is 14.1.